The van der Waals surface area contributed by atoms with Crippen molar-refractivity contribution in [3.63, 3.8) is 0 Å². The third-order valence-electron chi connectivity index (χ3n) is 2.52. The van der Waals surface area contributed by atoms with Crippen molar-refractivity contribution in [2.24, 2.45) is 0 Å². The Kier molecular flexibility index (Phi) is 4.08. The van der Waals surface area contributed by atoms with E-state index in [0.717, 1.165) is 11.3 Å². The molecule has 0 aliphatic rings. The van der Waals surface area contributed by atoms with Crippen LogP contribution in [0.25, 0.3) is 0 Å². The van der Waals surface area contributed by atoms with Crippen molar-refractivity contribution in [2.45, 2.75) is 13.8 Å². The van der Waals surface area contributed by atoms with Gasteiger partial charge in [0.15, 0.2) is 0 Å². The van der Waals surface area contributed by atoms with Crippen LogP contribution in [0.4, 0.5) is 5.82 Å². The zero-order chi connectivity index (χ0) is 14.0. The summed E-state index contributed by atoms with van der Waals surface area (Å²) >= 11 is 11.7. The number of carbonyl (C=O) groups excluding carboxylic acids is 1. The summed E-state index contributed by atoms with van der Waals surface area (Å²) in [6.45, 7) is 3.82. The first-order chi connectivity index (χ1) is 8.95. The number of anilines is 1. The Hall–Kier alpha value is -1.58. The highest BCUT2D eigenvalue weighted by atomic mass is 35.5. The van der Waals surface area contributed by atoms with Gasteiger partial charge in [0.25, 0.3) is 5.91 Å². The number of hydrogen-bond donors (Lipinski definition) is 1. The number of carbonyl (C=O) groups is 1. The predicted octanol–water partition coefficient (Wildman–Crippen LogP) is 4.26. The summed E-state index contributed by atoms with van der Waals surface area (Å²) in [5.41, 5.74) is 2.33. The van der Waals surface area contributed by atoms with Gasteiger partial charge >= 0.3 is 0 Å². The maximum Gasteiger partial charge on any atom is 0.256 e. The Morgan fingerprint density at radius 2 is 1.84 bits per heavy atom. The molecule has 1 amide bonds. The number of pyridine rings is 1. The van der Waals surface area contributed by atoms with Gasteiger partial charge in [0.2, 0.25) is 0 Å². The fraction of sp³-hybridized carbons (Fsp3) is 0.143. The second kappa shape index (κ2) is 5.59. The van der Waals surface area contributed by atoms with Gasteiger partial charge in [0.1, 0.15) is 5.82 Å². The van der Waals surface area contributed by atoms with Gasteiger partial charge in [-0.15, -0.1) is 0 Å². The Morgan fingerprint density at radius 3 is 2.47 bits per heavy atom. The monoisotopic (exact) mass is 294 g/mol. The average molecular weight is 295 g/mol. The molecule has 3 nitrogen and oxygen atoms in total. The quantitative estimate of drug-likeness (QED) is 0.899. The van der Waals surface area contributed by atoms with Crippen LogP contribution in [0.3, 0.4) is 0 Å². The van der Waals surface area contributed by atoms with E-state index in [4.69, 9.17) is 23.2 Å². The first-order valence-electron chi connectivity index (χ1n) is 5.67. The van der Waals surface area contributed by atoms with Gasteiger partial charge in [-0.1, -0.05) is 23.2 Å². The van der Waals surface area contributed by atoms with E-state index in [1.165, 1.54) is 6.07 Å². The number of amides is 1. The highest BCUT2D eigenvalue weighted by Gasteiger charge is 2.09. The smallest absolute Gasteiger partial charge is 0.256 e. The lowest BCUT2D eigenvalue weighted by Gasteiger charge is -2.07. The number of halogens is 2. The van der Waals surface area contributed by atoms with Crippen LogP contribution in [0.5, 0.6) is 0 Å². The molecule has 1 aromatic carbocycles. The van der Waals surface area contributed by atoms with Crippen molar-refractivity contribution >= 4 is 34.9 Å². The molecule has 2 aromatic rings. The largest absolute Gasteiger partial charge is 0.307 e. The van der Waals surface area contributed by atoms with Gasteiger partial charge in [-0.3, -0.25) is 4.79 Å². The predicted molar refractivity (Wildman–Crippen MR) is 78.1 cm³/mol. The van der Waals surface area contributed by atoms with E-state index in [9.17, 15) is 4.79 Å². The summed E-state index contributed by atoms with van der Waals surface area (Å²) in [5, 5.41) is 3.50. The summed E-state index contributed by atoms with van der Waals surface area (Å²) in [6.07, 6.45) is 0. The standard InChI is InChI=1S/C14H12Cl2N2O/c1-8-5-9(2)17-13(6-8)18-14(19)10-3-4-11(15)12(16)7-10/h3-7H,1-2H3,(H,17,18,19). The van der Waals surface area contributed by atoms with E-state index in [-0.39, 0.29) is 5.91 Å². The summed E-state index contributed by atoms with van der Waals surface area (Å²) in [6, 6.07) is 8.49. The normalized spacial score (nSPS) is 10.3. The molecule has 0 radical (unpaired) electrons. The molecule has 0 aliphatic carbocycles. The number of benzene rings is 1. The van der Waals surface area contributed by atoms with E-state index < -0.39 is 0 Å². The number of hydrogen-bond acceptors (Lipinski definition) is 2. The van der Waals surface area contributed by atoms with Crippen molar-refractivity contribution in [2.75, 3.05) is 5.32 Å². The fourth-order valence-corrected chi connectivity index (χ4v) is 2.03. The molecular formula is C14H12Cl2N2O. The Balaban J connectivity index is 2.22. The van der Waals surface area contributed by atoms with Crippen LogP contribution in [0, 0.1) is 13.8 Å². The lowest BCUT2D eigenvalue weighted by Crippen LogP contribution is -2.13. The number of nitrogens with one attached hydrogen (secondary N) is 1. The number of rotatable bonds is 2. The van der Waals surface area contributed by atoms with Crippen LogP contribution in [-0.2, 0) is 0 Å². The van der Waals surface area contributed by atoms with Crippen LogP contribution in [0.1, 0.15) is 21.6 Å². The highest BCUT2D eigenvalue weighted by molar-refractivity contribution is 6.42. The molecule has 1 aromatic heterocycles. The summed E-state index contributed by atoms with van der Waals surface area (Å²) in [5.74, 6) is 0.254. The maximum atomic E-state index is 12.0. The fourth-order valence-electron chi connectivity index (χ4n) is 1.73. The Labute approximate surface area is 121 Å². The van der Waals surface area contributed by atoms with Crippen molar-refractivity contribution in [1.29, 1.82) is 0 Å². The second-order valence-electron chi connectivity index (χ2n) is 4.25. The lowest BCUT2D eigenvalue weighted by molar-refractivity contribution is 0.102. The zero-order valence-electron chi connectivity index (χ0n) is 10.5. The average Bonchev–Trinajstić information content (AvgIpc) is 2.31. The molecule has 0 spiro atoms. The molecule has 0 fully saturated rings. The molecule has 2 rings (SSSR count). The van der Waals surface area contributed by atoms with E-state index in [1.807, 2.05) is 26.0 Å². The van der Waals surface area contributed by atoms with Gasteiger partial charge in [-0.25, -0.2) is 4.98 Å². The zero-order valence-corrected chi connectivity index (χ0v) is 12.0. The Bertz CT molecular complexity index is 621. The van der Waals surface area contributed by atoms with E-state index in [0.29, 0.717) is 21.4 Å². The van der Waals surface area contributed by atoms with Gasteiger partial charge in [-0.05, 0) is 49.7 Å². The van der Waals surface area contributed by atoms with Crippen LogP contribution in [0.15, 0.2) is 30.3 Å². The van der Waals surface area contributed by atoms with Crippen molar-refractivity contribution in [3.8, 4) is 0 Å². The van der Waals surface area contributed by atoms with Gasteiger partial charge in [0, 0.05) is 11.3 Å². The van der Waals surface area contributed by atoms with Crippen LogP contribution >= 0.6 is 23.2 Å². The number of aryl methyl sites for hydroxylation is 2. The third kappa shape index (κ3) is 3.46. The maximum absolute atomic E-state index is 12.0. The molecule has 0 bridgehead atoms. The molecule has 98 valence electrons. The van der Waals surface area contributed by atoms with E-state index >= 15 is 0 Å². The first-order valence-corrected chi connectivity index (χ1v) is 6.43. The first kappa shape index (κ1) is 13.8. The molecule has 0 aliphatic heterocycles. The van der Waals surface area contributed by atoms with Crippen molar-refractivity contribution in [1.82, 2.24) is 4.98 Å². The van der Waals surface area contributed by atoms with E-state index in [2.05, 4.69) is 10.3 Å². The molecule has 5 heteroatoms. The van der Waals surface area contributed by atoms with Gasteiger partial charge in [-0.2, -0.15) is 0 Å². The van der Waals surface area contributed by atoms with Crippen LogP contribution in [0.2, 0.25) is 10.0 Å². The SMILES string of the molecule is Cc1cc(C)nc(NC(=O)c2ccc(Cl)c(Cl)c2)c1. The van der Waals surface area contributed by atoms with Crippen LogP contribution < -0.4 is 5.32 Å². The number of nitrogens with zero attached hydrogens (tertiary/aromatic N) is 1. The van der Waals surface area contributed by atoms with Crippen LogP contribution in [-0.4, -0.2) is 10.9 Å². The summed E-state index contributed by atoms with van der Waals surface area (Å²) < 4.78 is 0. The lowest BCUT2D eigenvalue weighted by atomic mass is 10.2. The van der Waals surface area contributed by atoms with Crippen molar-refractivity contribution in [3.05, 3.63) is 57.2 Å². The molecule has 0 unspecified atom stereocenters. The number of aromatic nitrogens is 1. The van der Waals surface area contributed by atoms with Gasteiger partial charge in [0.05, 0.1) is 10.0 Å². The molecule has 0 saturated heterocycles. The molecule has 1 heterocycles. The second-order valence-corrected chi connectivity index (χ2v) is 5.07. The summed E-state index contributed by atoms with van der Waals surface area (Å²) in [7, 11) is 0. The molecular weight excluding hydrogens is 283 g/mol. The van der Waals surface area contributed by atoms with E-state index in [1.54, 1.807) is 12.1 Å². The molecule has 0 atom stereocenters. The third-order valence-corrected chi connectivity index (χ3v) is 3.26. The topological polar surface area (TPSA) is 42.0 Å². The minimum atomic E-state index is -0.268. The van der Waals surface area contributed by atoms with Crippen molar-refractivity contribution < 1.29 is 4.79 Å². The summed E-state index contributed by atoms with van der Waals surface area (Å²) in [4.78, 5) is 16.3. The minimum absolute atomic E-state index is 0.268. The minimum Gasteiger partial charge on any atom is -0.307 e. The highest BCUT2D eigenvalue weighted by Crippen LogP contribution is 2.23. The molecule has 19 heavy (non-hydrogen) atoms. The molecule has 1 N–H and O–H groups in total. The van der Waals surface area contributed by atoms with Gasteiger partial charge < -0.3 is 5.32 Å². The Morgan fingerprint density at radius 1 is 1.11 bits per heavy atom. The molecule has 0 saturated carbocycles.